The summed E-state index contributed by atoms with van der Waals surface area (Å²) in [4.78, 5) is 38.9. The van der Waals surface area contributed by atoms with E-state index in [9.17, 15) is 29.0 Å². The third-order valence-electron chi connectivity index (χ3n) is 8.52. The number of benzene rings is 5. The molecule has 3 atom stereocenters. The van der Waals surface area contributed by atoms with E-state index in [-0.39, 0.29) is 18.3 Å². The van der Waals surface area contributed by atoms with Crippen LogP contribution in [0.1, 0.15) is 48.8 Å². The van der Waals surface area contributed by atoms with Gasteiger partial charge in [0.05, 0.1) is 12.3 Å². The van der Waals surface area contributed by atoms with Gasteiger partial charge in [0.1, 0.15) is 5.82 Å². The van der Waals surface area contributed by atoms with Gasteiger partial charge >= 0.3 is 11.9 Å². The summed E-state index contributed by atoms with van der Waals surface area (Å²) in [5.41, 5.74) is 2.70. The topological polar surface area (TPSA) is 94.9 Å². The molecule has 46 heavy (non-hydrogen) atoms. The van der Waals surface area contributed by atoms with Crippen LogP contribution in [0.25, 0.3) is 27.6 Å². The van der Waals surface area contributed by atoms with E-state index >= 15 is 0 Å². The van der Waals surface area contributed by atoms with Crippen LogP contribution in [-0.4, -0.2) is 39.0 Å². The zero-order chi connectivity index (χ0) is 32.6. The average molecular weight is 618 g/mol. The number of nitrogens with zero attached hydrogens (tertiary/aromatic N) is 1. The van der Waals surface area contributed by atoms with Crippen LogP contribution >= 0.6 is 0 Å². The Kier molecular flexibility index (Phi) is 10.2. The monoisotopic (exact) mass is 617 g/mol. The molecule has 6 nitrogen and oxygen atoms in total. The van der Waals surface area contributed by atoms with Crippen molar-refractivity contribution in [3.63, 3.8) is 0 Å². The molecule has 2 N–H and O–H groups in total. The SMILES string of the molecule is CC(C(CC=Cc1ccc2ccccc2c1)c1ccc(F)cc1)N(Cc1ccc2ccccc2c1)C(=O)CC(CC(=O)O)C(=O)O. The molecule has 5 rings (SSSR count). The molecule has 0 bridgehead atoms. The maximum Gasteiger partial charge on any atom is 0.307 e. The first-order valence-corrected chi connectivity index (χ1v) is 15.3. The highest BCUT2D eigenvalue weighted by molar-refractivity contribution is 5.86. The fourth-order valence-electron chi connectivity index (χ4n) is 5.98. The molecule has 0 spiro atoms. The van der Waals surface area contributed by atoms with Gasteiger partial charge in [-0.2, -0.15) is 0 Å². The van der Waals surface area contributed by atoms with Crippen molar-refractivity contribution in [2.45, 2.75) is 44.7 Å². The number of carboxylic acid groups (broad SMARTS) is 2. The molecule has 0 radical (unpaired) electrons. The first-order valence-electron chi connectivity index (χ1n) is 15.3. The molecule has 0 heterocycles. The number of halogens is 1. The molecular formula is C39H36FNO5. The number of allylic oxidation sites excluding steroid dienone is 1. The summed E-state index contributed by atoms with van der Waals surface area (Å²) in [7, 11) is 0. The molecule has 1 amide bonds. The highest BCUT2D eigenvalue weighted by atomic mass is 19.1. The van der Waals surface area contributed by atoms with E-state index in [1.54, 1.807) is 17.0 Å². The lowest BCUT2D eigenvalue weighted by Crippen LogP contribution is -2.43. The molecule has 0 aliphatic carbocycles. The molecule has 0 saturated carbocycles. The molecular weight excluding hydrogens is 581 g/mol. The van der Waals surface area contributed by atoms with E-state index in [4.69, 9.17) is 0 Å². The van der Waals surface area contributed by atoms with Crippen LogP contribution in [0.5, 0.6) is 0 Å². The Morgan fingerprint density at radius 1 is 0.761 bits per heavy atom. The zero-order valence-corrected chi connectivity index (χ0v) is 25.6. The summed E-state index contributed by atoms with van der Waals surface area (Å²) >= 11 is 0. The molecule has 0 aliphatic rings. The molecule has 3 unspecified atom stereocenters. The summed E-state index contributed by atoms with van der Waals surface area (Å²) < 4.78 is 14.0. The van der Waals surface area contributed by atoms with E-state index < -0.39 is 42.6 Å². The van der Waals surface area contributed by atoms with Crippen LogP contribution in [0.2, 0.25) is 0 Å². The Balaban J connectivity index is 1.48. The Labute approximate surface area is 267 Å². The van der Waals surface area contributed by atoms with Gasteiger partial charge in [0.25, 0.3) is 0 Å². The Morgan fingerprint density at radius 2 is 1.37 bits per heavy atom. The van der Waals surface area contributed by atoms with E-state index in [1.165, 1.54) is 12.1 Å². The number of hydrogen-bond acceptors (Lipinski definition) is 3. The van der Waals surface area contributed by atoms with Crippen molar-refractivity contribution in [1.29, 1.82) is 0 Å². The summed E-state index contributed by atoms with van der Waals surface area (Å²) in [6.45, 7) is 2.10. The van der Waals surface area contributed by atoms with Crippen LogP contribution in [-0.2, 0) is 20.9 Å². The van der Waals surface area contributed by atoms with Crippen molar-refractivity contribution in [3.8, 4) is 0 Å². The van der Waals surface area contributed by atoms with Gasteiger partial charge in [-0.3, -0.25) is 14.4 Å². The number of rotatable bonds is 13. The largest absolute Gasteiger partial charge is 0.481 e. The van der Waals surface area contributed by atoms with Crippen LogP contribution in [0.4, 0.5) is 4.39 Å². The lowest BCUT2D eigenvalue weighted by Gasteiger charge is -2.36. The smallest absolute Gasteiger partial charge is 0.307 e. The van der Waals surface area contributed by atoms with Gasteiger partial charge in [0, 0.05) is 24.9 Å². The second-order valence-corrected chi connectivity index (χ2v) is 11.7. The van der Waals surface area contributed by atoms with Crippen LogP contribution < -0.4 is 0 Å². The van der Waals surface area contributed by atoms with Crippen molar-refractivity contribution in [2.24, 2.45) is 5.92 Å². The Bertz CT molecular complexity index is 1880. The van der Waals surface area contributed by atoms with Crippen molar-refractivity contribution < 1.29 is 29.0 Å². The summed E-state index contributed by atoms with van der Waals surface area (Å²) in [5, 5.41) is 23.3. The minimum atomic E-state index is -1.37. The minimum Gasteiger partial charge on any atom is -0.481 e. The number of aliphatic carboxylic acids is 2. The Hall–Kier alpha value is -5.30. The second kappa shape index (κ2) is 14.7. The number of carbonyl (C=O) groups is 3. The van der Waals surface area contributed by atoms with Gasteiger partial charge in [-0.05, 0) is 75.8 Å². The average Bonchev–Trinajstić information content (AvgIpc) is 3.05. The molecule has 0 aliphatic heterocycles. The summed E-state index contributed by atoms with van der Waals surface area (Å²) in [6.07, 6.45) is 3.46. The third-order valence-corrected chi connectivity index (χ3v) is 8.52. The quantitative estimate of drug-likeness (QED) is 0.139. The first kappa shape index (κ1) is 32.1. The number of carbonyl (C=O) groups excluding carboxylic acids is 1. The van der Waals surface area contributed by atoms with Gasteiger partial charge in [-0.15, -0.1) is 0 Å². The fourth-order valence-corrected chi connectivity index (χ4v) is 5.98. The molecule has 7 heteroatoms. The molecule has 0 saturated heterocycles. The van der Waals surface area contributed by atoms with Gasteiger partial charge in [-0.25, -0.2) is 4.39 Å². The zero-order valence-electron chi connectivity index (χ0n) is 25.6. The maximum atomic E-state index is 14.0. The van der Waals surface area contributed by atoms with Crippen LogP contribution in [0.15, 0.2) is 115 Å². The molecule has 234 valence electrons. The van der Waals surface area contributed by atoms with Crippen LogP contribution in [0.3, 0.4) is 0 Å². The Morgan fingerprint density at radius 3 is 2.00 bits per heavy atom. The van der Waals surface area contributed by atoms with Gasteiger partial charge in [0.2, 0.25) is 5.91 Å². The maximum absolute atomic E-state index is 14.0. The van der Waals surface area contributed by atoms with Crippen LogP contribution in [0, 0.1) is 11.7 Å². The van der Waals surface area contributed by atoms with Crippen molar-refractivity contribution in [3.05, 3.63) is 138 Å². The van der Waals surface area contributed by atoms with Gasteiger partial charge in [-0.1, -0.05) is 97.1 Å². The third kappa shape index (κ3) is 8.04. The number of amides is 1. The highest BCUT2D eigenvalue weighted by Crippen LogP contribution is 2.31. The standard InChI is InChI=1S/C39H36FNO5/c1-26(36(31-17-19-35(40)20-18-31)12-6-7-27-13-15-29-8-2-4-10-32(29)21-27)41(37(42)23-34(39(45)46)24-38(43)44)25-28-14-16-30-9-3-5-11-33(30)22-28/h2-11,13-22,26,34,36H,12,23-25H2,1H3,(H,43,44)(H,45,46). The van der Waals surface area contributed by atoms with Gasteiger partial charge < -0.3 is 15.1 Å². The predicted octanol–water partition coefficient (Wildman–Crippen LogP) is 8.30. The normalized spacial score (nSPS) is 13.4. The number of carboxylic acids is 2. The summed E-state index contributed by atoms with van der Waals surface area (Å²) in [6, 6.07) is 33.9. The van der Waals surface area contributed by atoms with Crippen molar-refractivity contribution in [1.82, 2.24) is 4.90 Å². The predicted molar refractivity (Wildman–Crippen MR) is 179 cm³/mol. The second-order valence-electron chi connectivity index (χ2n) is 11.7. The number of hydrogen-bond donors (Lipinski definition) is 2. The first-order chi connectivity index (χ1) is 22.2. The molecule has 0 fully saturated rings. The van der Waals surface area contributed by atoms with E-state index in [2.05, 4.69) is 24.3 Å². The van der Waals surface area contributed by atoms with E-state index in [0.717, 1.165) is 38.2 Å². The van der Waals surface area contributed by atoms with Gasteiger partial charge in [0.15, 0.2) is 0 Å². The van der Waals surface area contributed by atoms with Crippen molar-refractivity contribution in [2.75, 3.05) is 0 Å². The molecule has 5 aromatic rings. The summed E-state index contributed by atoms with van der Waals surface area (Å²) in [5.74, 6) is -5.08. The van der Waals surface area contributed by atoms with E-state index in [1.807, 2.05) is 79.7 Å². The number of fused-ring (bicyclic) bond motifs is 2. The molecule has 5 aromatic carbocycles. The minimum absolute atomic E-state index is 0.191. The molecule has 0 aromatic heterocycles. The lowest BCUT2D eigenvalue weighted by atomic mass is 9.87. The highest BCUT2D eigenvalue weighted by Gasteiger charge is 2.32. The lowest BCUT2D eigenvalue weighted by molar-refractivity contribution is -0.151. The van der Waals surface area contributed by atoms with E-state index in [0.29, 0.717) is 6.42 Å². The van der Waals surface area contributed by atoms with Crippen molar-refractivity contribution >= 4 is 45.5 Å². The fraction of sp³-hybridized carbons (Fsp3) is 0.205.